The Morgan fingerprint density at radius 1 is 1.15 bits per heavy atom. The monoisotopic (exact) mass is 276 g/mol. The third-order valence-electron chi connectivity index (χ3n) is 3.56. The maximum Gasteiger partial charge on any atom is 0.0726 e. The fourth-order valence-electron chi connectivity index (χ4n) is 2.70. The first kappa shape index (κ1) is 15.3. The molecule has 1 aromatic rings. The smallest absolute Gasteiger partial charge is 0.0726 e. The van der Waals surface area contributed by atoms with Gasteiger partial charge in [-0.2, -0.15) is 0 Å². The Kier molecular flexibility index (Phi) is 4.71. The van der Waals surface area contributed by atoms with Crippen molar-refractivity contribution in [3.63, 3.8) is 0 Å². The van der Waals surface area contributed by atoms with Gasteiger partial charge in [-0.05, 0) is 46.2 Å². The predicted molar refractivity (Wildman–Crippen MR) is 85.3 cm³/mol. The van der Waals surface area contributed by atoms with Crippen molar-refractivity contribution in [1.29, 1.82) is 0 Å². The Labute approximate surface area is 123 Å². The minimum Gasteiger partial charge on any atom is -0.372 e. The zero-order valence-electron chi connectivity index (χ0n) is 13.4. The Bertz CT molecular complexity index is 429. The van der Waals surface area contributed by atoms with E-state index in [0.717, 1.165) is 19.6 Å². The highest BCUT2D eigenvalue weighted by Crippen LogP contribution is 2.24. The van der Waals surface area contributed by atoms with E-state index in [-0.39, 0.29) is 5.54 Å². The average molecular weight is 276 g/mol. The molecule has 2 atom stereocenters. The maximum atomic E-state index is 5.83. The lowest BCUT2D eigenvalue weighted by atomic mass is 10.1. The third-order valence-corrected chi connectivity index (χ3v) is 3.56. The minimum atomic E-state index is 0.138. The first-order valence-electron chi connectivity index (χ1n) is 7.58. The molecule has 1 N–H and O–H groups in total. The molecule has 3 heteroatoms. The number of anilines is 1. The van der Waals surface area contributed by atoms with E-state index < -0.39 is 0 Å². The highest BCUT2D eigenvalue weighted by Gasteiger charge is 2.23. The molecule has 112 valence electrons. The summed E-state index contributed by atoms with van der Waals surface area (Å²) in [4.78, 5) is 2.46. The highest BCUT2D eigenvalue weighted by molar-refractivity contribution is 5.54. The largest absolute Gasteiger partial charge is 0.372 e. The van der Waals surface area contributed by atoms with Gasteiger partial charge in [-0.3, -0.25) is 0 Å². The molecule has 1 aliphatic rings. The van der Waals surface area contributed by atoms with Gasteiger partial charge in [0.05, 0.1) is 12.2 Å². The summed E-state index contributed by atoms with van der Waals surface area (Å²) in [5.41, 5.74) is 2.84. The van der Waals surface area contributed by atoms with Gasteiger partial charge in [0, 0.05) is 30.9 Å². The summed E-state index contributed by atoms with van der Waals surface area (Å²) >= 11 is 0. The van der Waals surface area contributed by atoms with Gasteiger partial charge in [0.1, 0.15) is 0 Å². The van der Waals surface area contributed by atoms with E-state index in [1.54, 1.807) is 0 Å². The van der Waals surface area contributed by atoms with Crippen LogP contribution >= 0.6 is 0 Å². The van der Waals surface area contributed by atoms with Gasteiger partial charge in [-0.15, -0.1) is 0 Å². The van der Waals surface area contributed by atoms with Crippen molar-refractivity contribution in [2.45, 2.75) is 58.9 Å². The van der Waals surface area contributed by atoms with E-state index in [0.29, 0.717) is 12.2 Å². The Hall–Kier alpha value is -1.06. The molecule has 0 bridgehead atoms. The van der Waals surface area contributed by atoms with Gasteiger partial charge in [-0.25, -0.2) is 0 Å². The molecule has 0 amide bonds. The molecule has 20 heavy (non-hydrogen) atoms. The summed E-state index contributed by atoms with van der Waals surface area (Å²) in [6.45, 7) is 13.8. The van der Waals surface area contributed by atoms with Crippen LogP contribution < -0.4 is 10.2 Å². The second kappa shape index (κ2) is 6.15. The Balaban J connectivity index is 2.14. The van der Waals surface area contributed by atoms with Crippen molar-refractivity contribution < 1.29 is 4.74 Å². The van der Waals surface area contributed by atoms with E-state index in [4.69, 9.17) is 4.74 Å². The maximum absolute atomic E-state index is 5.83. The van der Waals surface area contributed by atoms with Gasteiger partial charge in [-0.1, -0.05) is 18.2 Å². The van der Waals surface area contributed by atoms with Gasteiger partial charge in [0.15, 0.2) is 0 Å². The lowest BCUT2D eigenvalue weighted by Gasteiger charge is -2.38. The number of ether oxygens (including phenoxy) is 1. The molecule has 1 aromatic carbocycles. The highest BCUT2D eigenvalue weighted by atomic mass is 16.5. The van der Waals surface area contributed by atoms with Crippen LogP contribution in [0.5, 0.6) is 0 Å². The molecule has 0 radical (unpaired) electrons. The lowest BCUT2D eigenvalue weighted by molar-refractivity contribution is -0.00527. The SMILES string of the molecule is CC1CN(c2ccccc2CNC(C)(C)C)CC(C)O1. The van der Waals surface area contributed by atoms with E-state index in [9.17, 15) is 0 Å². The molecule has 2 rings (SSSR count). The minimum absolute atomic E-state index is 0.138. The first-order valence-corrected chi connectivity index (χ1v) is 7.58. The van der Waals surface area contributed by atoms with Gasteiger partial charge >= 0.3 is 0 Å². The standard InChI is InChI=1S/C17H28N2O/c1-13-11-19(12-14(2)20-13)16-9-7-6-8-15(16)10-18-17(3,4)5/h6-9,13-14,18H,10-12H2,1-5H3. The quantitative estimate of drug-likeness (QED) is 0.917. The molecule has 0 saturated carbocycles. The number of para-hydroxylation sites is 1. The van der Waals surface area contributed by atoms with Crippen LogP contribution in [0.4, 0.5) is 5.69 Å². The molecular weight excluding hydrogens is 248 g/mol. The van der Waals surface area contributed by atoms with Crippen LogP contribution in [0, 0.1) is 0 Å². The molecule has 0 spiro atoms. The van der Waals surface area contributed by atoms with Crippen LogP contribution in [0.1, 0.15) is 40.2 Å². The fourth-order valence-corrected chi connectivity index (χ4v) is 2.70. The molecule has 2 unspecified atom stereocenters. The number of nitrogens with one attached hydrogen (secondary N) is 1. The van der Waals surface area contributed by atoms with E-state index >= 15 is 0 Å². The molecular formula is C17H28N2O. The molecule has 0 aromatic heterocycles. The Morgan fingerprint density at radius 3 is 2.35 bits per heavy atom. The normalized spacial score (nSPS) is 23.9. The van der Waals surface area contributed by atoms with E-state index in [1.807, 2.05) is 0 Å². The van der Waals surface area contributed by atoms with Crippen molar-refractivity contribution in [2.75, 3.05) is 18.0 Å². The second-order valence-electron chi connectivity index (χ2n) is 6.89. The summed E-state index contributed by atoms with van der Waals surface area (Å²) in [6.07, 6.45) is 0.588. The number of hydrogen-bond acceptors (Lipinski definition) is 3. The summed E-state index contributed by atoms with van der Waals surface area (Å²) < 4.78 is 5.83. The van der Waals surface area contributed by atoms with Crippen LogP contribution in [0.2, 0.25) is 0 Å². The van der Waals surface area contributed by atoms with Gasteiger partial charge < -0.3 is 15.0 Å². The van der Waals surface area contributed by atoms with Gasteiger partial charge in [0.2, 0.25) is 0 Å². The zero-order chi connectivity index (χ0) is 14.8. The molecule has 1 heterocycles. The number of morpholine rings is 1. The molecule has 0 aliphatic carbocycles. The number of hydrogen-bond donors (Lipinski definition) is 1. The van der Waals surface area contributed by atoms with Crippen molar-refractivity contribution in [3.8, 4) is 0 Å². The van der Waals surface area contributed by atoms with Crippen LogP contribution in [-0.4, -0.2) is 30.8 Å². The van der Waals surface area contributed by atoms with Crippen LogP contribution in [0.15, 0.2) is 24.3 Å². The van der Waals surface area contributed by atoms with Crippen LogP contribution in [0.3, 0.4) is 0 Å². The van der Waals surface area contributed by atoms with E-state index in [2.05, 4.69) is 69.1 Å². The van der Waals surface area contributed by atoms with Crippen molar-refractivity contribution in [3.05, 3.63) is 29.8 Å². The van der Waals surface area contributed by atoms with Crippen molar-refractivity contribution in [2.24, 2.45) is 0 Å². The topological polar surface area (TPSA) is 24.5 Å². The van der Waals surface area contributed by atoms with E-state index in [1.165, 1.54) is 11.3 Å². The van der Waals surface area contributed by atoms with Crippen molar-refractivity contribution >= 4 is 5.69 Å². The van der Waals surface area contributed by atoms with Crippen molar-refractivity contribution in [1.82, 2.24) is 5.32 Å². The zero-order valence-corrected chi connectivity index (χ0v) is 13.4. The first-order chi connectivity index (χ1) is 9.35. The molecule has 1 saturated heterocycles. The third kappa shape index (κ3) is 4.22. The van der Waals surface area contributed by atoms with Gasteiger partial charge in [0.25, 0.3) is 0 Å². The molecule has 1 fully saturated rings. The summed E-state index contributed by atoms with van der Waals surface area (Å²) in [5, 5.41) is 3.58. The molecule has 1 aliphatic heterocycles. The number of rotatable bonds is 3. The second-order valence-corrected chi connectivity index (χ2v) is 6.89. The summed E-state index contributed by atoms with van der Waals surface area (Å²) in [7, 11) is 0. The number of nitrogens with zero attached hydrogens (tertiary/aromatic N) is 1. The fraction of sp³-hybridized carbons (Fsp3) is 0.647. The Morgan fingerprint density at radius 2 is 1.75 bits per heavy atom. The predicted octanol–water partition coefficient (Wildman–Crippen LogP) is 3.19. The van der Waals surface area contributed by atoms with Crippen LogP contribution in [-0.2, 0) is 11.3 Å². The lowest BCUT2D eigenvalue weighted by Crippen LogP contribution is -2.46. The molecule has 3 nitrogen and oxygen atoms in total. The van der Waals surface area contributed by atoms with Crippen LogP contribution in [0.25, 0.3) is 0 Å². The number of benzene rings is 1. The summed E-state index contributed by atoms with van der Waals surface area (Å²) in [5.74, 6) is 0. The average Bonchev–Trinajstić information content (AvgIpc) is 2.34. The summed E-state index contributed by atoms with van der Waals surface area (Å²) in [6, 6.07) is 8.69.